The lowest BCUT2D eigenvalue weighted by Gasteiger charge is -2.28. The van der Waals surface area contributed by atoms with Gasteiger partial charge in [0, 0.05) is 19.6 Å². The highest BCUT2D eigenvalue weighted by Crippen LogP contribution is 2.31. The maximum atomic E-state index is 14.3. The summed E-state index contributed by atoms with van der Waals surface area (Å²) in [6.07, 6.45) is 6.33. The largest absolute Gasteiger partial charge is 0.342 e. The van der Waals surface area contributed by atoms with Crippen molar-refractivity contribution in [2.45, 2.75) is 66.0 Å². The number of benzene rings is 2. The predicted molar refractivity (Wildman–Crippen MR) is 130 cm³/mol. The van der Waals surface area contributed by atoms with Crippen molar-refractivity contribution in [3.05, 3.63) is 57.9 Å². The van der Waals surface area contributed by atoms with Gasteiger partial charge in [-0.2, -0.15) is 0 Å². The Morgan fingerprint density at radius 1 is 0.812 bits per heavy atom. The first-order valence-electron chi connectivity index (χ1n) is 12.2. The maximum absolute atomic E-state index is 14.3. The average molecular weight is 435 g/mol. The number of imidazole rings is 1. The van der Waals surface area contributed by atoms with E-state index >= 15 is 0 Å². The van der Waals surface area contributed by atoms with Crippen LogP contribution in [-0.4, -0.2) is 40.6 Å². The maximum Gasteiger partial charge on any atom is 0.206 e. The van der Waals surface area contributed by atoms with Crippen molar-refractivity contribution in [1.29, 1.82) is 0 Å². The molecule has 0 amide bonds. The Balaban J connectivity index is 1.62. The van der Waals surface area contributed by atoms with Crippen LogP contribution in [0.1, 0.15) is 59.9 Å². The number of nitrogens with zero attached hydrogens (tertiary/aromatic N) is 4. The third-order valence-electron chi connectivity index (χ3n) is 7.13. The average Bonchev–Trinajstić information content (AvgIpc) is 3.41. The van der Waals surface area contributed by atoms with Gasteiger partial charge in [0.05, 0.1) is 17.6 Å². The van der Waals surface area contributed by atoms with Gasteiger partial charge in [0.25, 0.3) is 0 Å². The van der Waals surface area contributed by atoms with Gasteiger partial charge in [0.1, 0.15) is 5.82 Å². The molecule has 1 aromatic heterocycles. The summed E-state index contributed by atoms with van der Waals surface area (Å²) >= 11 is 0. The quantitative estimate of drug-likeness (QED) is 0.512. The lowest BCUT2D eigenvalue weighted by atomic mass is 10.1. The summed E-state index contributed by atoms with van der Waals surface area (Å²) < 4.78 is 16.7. The Bertz CT molecular complexity index is 1100. The molecule has 0 atom stereocenters. The molecular weight excluding hydrogens is 399 g/mol. The van der Waals surface area contributed by atoms with Crippen molar-refractivity contribution in [3.63, 3.8) is 0 Å². The fraction of sp³-hybridized carbons (Fsp3) is 0.519. The SMILES string of the molecule is Cc1cc(CN2CCCC2)c2nc(N3CCCCC3)n(Cc3cc(C)c(F)c(C)c3)c2c1. The summed E-state index contributed by atoms with van der Waals surface area (Å²) in [7, 11) is 0. The molecule has 0 saturated carbocycles. The number of piperidine rings is 1. The Labute approximate surface area is 191 Å². The molecule has 4 nitrogen and oxygen atoms in total. The first-order valence-corrected chi connectivity index (χ1v) is 12.2. The van der Waals surface area contributed by atoms with Gasteiger partial charge < -0.3 is 9.47 Å². The van der Waals surface area contributed by atoms with E-state index in [0.29, 0.717) is 0 Å². The highest BCUT2D eigenvalue weighted by Gasteiger charge is 2.23. The van der Waals surface area contributed by atoms with Gasteiger partial charge in [-0.15, -0.1) is 0 Å². The second kappa shape index (κ2) is 8.86. The molecule has 2 aromatic carbocycles. The second-order valence-electron chi connectivity index (χ2n) is 9.86. The number of anilines is 1. The van der Waals surface area contributed by atoms with E-state index in [1.54, 1.807) is 0 Å². The van der Waals surface area contributed by atoms with Crippen LogP contribution in [0.2, 0.25) is 0 Å². The molecule has 3 aromatic rings. The zero-order valence-electron chi connectivity index (χ0n) is 19.8. The van der Waals surface area contributed by atoms with Crippen LogP contribution in [0.5, 0.6) is 0 Å². The summed E-state index contributed by atoms with van der Waals surface area (Å²) in [4.78, 5) is 10.3. The second-order valence-corrected chi connectivity index (χ2v) is 9.86. The number of fused-ring (bicyclic) bond motifs is 1. The van der Waals surface area contributed by atoms with Gasteiger partial charge in [-0.1, -0.05) is 18.2 Å². The van der Waals surface area contributed by atoms with E-state index in [9.17, 15) is 4.39 Å². The highest BCUT2D eigenvalue weighted by molar-refractivity contribution is 5.83. The summed E-state index contributed by atoms with van der Waals surface area (Å²) in [5.41, 5.74) is 7.54. The van der Waals surface area contributed by atoms with Gasteiger partial charge in [-0.25, -0.2) is 9.37 Å². The van der Waals surface area contributed by atoms with Crippen molar-refractivity contribution >= 4 is 17.0 Å². The minimum atomic E-state index is -0.0933. The van der Waals surface area contributed by atoms with Crippen LogP contribution in [-0.2, 0) is 13.1 Å². The highest BCUT2D eigenvalue weighted by atomic mass is 19.1. The standard InChI is InChI=1S/C27H35FN4/c1-19-13-23(18-30-9-7-8-10-30)26-24(14-19)32(27(29-26)31-11-5-4-6-12-31)17-22-15-20(2)25(28)21(3)16-22/h13-16H,4-12,17-18H2,1-3H3. The van der Waals surface area contributed by atoms with Crippen molar-refractivity contribution in [3.8, 4) is 0 Å². The molecule has 2 aliphatic rings. The number of hydrogen-bond acceptors (Lipinski definition) is 3. The zero-order chi connectivity index (χ0) is 22.2. The monoisotopic (exact) mass is 434 g/mol. The summed E-state index contributed by atoms with van der Waals surface area (Å²) in [6.45, 7) is 12.1. The Morgan fingerprint density at radius 3 is 2.16 bits per heavy atom. The molecule has 170 valence electrons. The van der Waals surface area contributed by atoms with E-state index in [0.717, 1.165) is 54.3 Å². The molecule has 0 radical (unpaired) electrons. The number of likely N-dealkylation sites (tertiary alicyclic amines) is 1. The molecule has 0 bridgehead atoms. The van der Waals surface area contributed by atoms with Gasteiger partial charge in [-0.05, 0) is 99.8 Å². The Morgan fingerprint density at radius 2 is 1.47 bits per heavy atom. The van der Waals surface area contributed by atoms with E-state index in [2.05, 4.69) is 33.4 Å². The third kappa shape index (κ3) is 4.15. The van der Waals surface area contributed by atoms with Crippen molar-refractivity contribution < 1.29 is 4.39 Å². The van der Waals surface area contributed by atoms with Gasteiger partial charge in [0.2, 0.25) is 5.95 Å². The summed E-state index contributed by atoms with van der Waals surface area (Å²) in [5.74, 6) is 0.983. The van der Waals surface area contributed by atoms with E-state index in [1.807, 2.05) is 26.0 Å². The number of rotatable bonds is 5. The van der Waals surface area contributed by atoms with E-state index in [4.69, 9.17) is 4.98 Å². The molecule has 2 aliphatic heterocycles. The molecule has 32 heavy (non-hydrogen) atoms. The Hall–Kier alpha value is -2.40. The lowest BCUT2D eigenvalue weighted by molar-refractivity contribution is 0.332. The zero-order valence-corrected chi connectivity index (χ0v) is 19.8. The minimum Gasteiger partial charge on any atom is -0.342 e. The molecule has 2 saturated heterocycles. The van der Waals surface area contributed by atoms with Crippen LogP contribution >= 0.6 is 0 Å². The normalized spacial score (nSPS) is 17.6. The van der Waals surface area contributed by atoms with Crippen molar-refractivity contribution in [2.75, 3.05) is 31.1 Å². The third-order valence-corrected chi connectivity index (χ3v) is 7.13. The molecule has 0 unspecified atom stereocenters. The van der Waals surface area contributed by atoms with Gasteiger partial charge in [0.15, 0.2) is 0 Å². The van der Waals surface area contributed by atoms with E-state index in [-0.39, 0.29) is 5.82 Å². The number of aromatic nitrogens is 2. The molecule has 3 heterocycles. The molecule has 0 spiro atoms. The molecule has 0 N–H and O–H groups in total. The number of halogens is 1. The van der Waals surface area contributed by atoms with Crippen molar-refractivity contribution in [2.24, 2.45) is 0 Å². The van der Waals surface area contributed by atoms with Gasteiger partial charge in [-0.3, -0.25) is 4.90 Å². The van der Waals surface area contributed by atoms with Gasteiger partial charge >= 0.3 is 0 Å². The number of hydrogen-bond donors (Lipinski definition) is 0. The van der Waals surface area contributed by atoms with Crippen LogP contribution in [0.25, 0.3) is 11.0 Å². The molecule has 5 heteroatoms. The molecule has 5 rings (SSSR count). The van der Waals surface area contributed by atoms with Crippen LogP contribution in [0.15, 0.2) is 24.3 Å². The Kier molecular flexibility index (Phi) is 5.93. The van der Waals surface area contributed by atoms with E-state index in [1.165, 1.54) is 61.8 Å². The topological polar surface area (TPSA) is 24.3 Å². The predicted octanol–water partition coefficient (Wildman–Crippen LogP) is 5.74. The fourth-order valence-corrected chi connectivity index (χ4v) is 5.54. The summed E-state index contributed by atoms with van der Waals surface area (Å²) in [6, 6.07) is 8.60. The van der Waals surface area contributed by atoms with Crippen LogP contribution in [0, 0.1) is 26.6 Å². The van der Waals surface area contributed by atoms with E-state index < -0.39 is 0 Å². The lowest BCUT2D eigenvalue weighted by Crippen LogP contribution is -2.32. The first kappa shape index (κ1) is 21.4. The fourth-order valence-electron chi connectivity index (χ4n) is 5.54. The van der Waals surface area contributed by atoms with Crippen molar-refractivity contribution in [1.82, 2.24) is 14.5 Å². The molecule has 0 aliphatic carbocycles. The van der Waals surface area contributed by atoms with Crippen LogP contribution in [0.4, 0.5) is 10.3 Å². The van der Waals surface area contributed by atoms with Crippen LogP contribution in [0.3, 0.4) is 0 Å². The molecule has 2 fully saturated rings. The smallest absolute Gasteiger partial charge is 0.206 e. The number of aryl methyl sites for hydroxylation is 3. The first-order chi connectivity index (χ1) is 15.5. The summed E-state index contributed by atoms with van der Waals surface area (Å²) in [5, 5.41) is 0. The van der Waals surface area contributed by atoms with Crippen LogP contribution < -0.4 is 4.90 Å². The minimum absolute atomic E-state index is 0.0933. The molecular formula is C27H35FN4.